The van der Waals surface area contributed by atoms with Crippen LogP contribution in [0.5, 0.6) is 0 Å². The zero-order chi connectivity index (χ0) is 27.7. The van der Waals surface area contributed by atoms with E-state index in [4.69, 9.17) is 32.6 Å². The van der Waals surface area contributed by atoms with Crippen molar-refractivity contribution in [1.82, 2.24) is 15.0 Å². The van der Waals surface area contributed by atoms with Gasteiger partial charge in [0.05, 0.1) is 21.8 Å². The Bertz CT molecular complexity index is 1340. The van der Waals surface area contributed by atoms with E-state index in [1.54, 1.807) is 30.6 Å². The molecule has 0 amide bonds. The van der Waals surface area contributed by atoms with Gasteiger partial charge < -0.3 is 19.8 Å². The number of aromatic amines is 1. The monoisotopic (exact) mass is 574 g/mol. The summed E-state index contributed by atoms with van der Waals surface area (Å²) in [5.74, 6) is 0.0617. The van der Waals surface area contributed by atoms with E-state index in [0.29, 0.717) is 45.8 Å². The highest BCUT2D eigenvalue weighted by atomic mass is 35.5. The van der Waals surface area contributed by atoms with Gasteiger partial charge in [-0.15, -0.1) is 0 Å². The molecule has 3 aromatic rings. The van der Waals surface area contributed by atoms with Crippen LogP contribution >= 0.6 is 23.2 Å². The molecule has 0 saturated heterocycles. The summed E-state index contributed by atoms with van der Waals surface area (Å²) in [5.41, 5.74) is 2.48. The van der Waals surface area contributed by atoms with Crippen molar-refractivity contribution >= 4 is 37.5 Å². The van der Waals surface area contributed by atoms with Crippen molar-refractivity contribution in [3.63, 3.8) is 0 Å². The van der Waals surface area contributed by atoms with Crippen LogP contribution in [0.2, 0.25) is 28.2 Å². The lowest BCUT2D eigenvalue weighted by molar-refractivity contribution is 0.182. The van der Waals surface area contributed by atoms with Crippen molar-refractivity contribution in [2.75, 3.05) is 11.9 Å². The van der Waals surface area contributed by atoms with E-state index in [1.807, 2.05) is 12.1 Å². The van der Waals surface area contributed by atoms with Crippen molar-refractivity contribution in [3.05, 3.63) is 74.3 Å². The van der Waals surface area contributed by atoms with Gasteiger partial charge in [0.25, 0.3) is 5.56 Å². The molecule has 4 rings (SSSR count). The molecule has 0 aliphatic heterocycles. The number of pyridine rings is 1. The molecule has 0 bridgehead atoms. The summed E-state index contributed by atoms with van der Waals surface area (Å²) in [6.07, 6.45) is 5.28. The molecular weight excluding hydrogens is 539 g/mol. The van der Waals surface area contributed by atoms with Gasteiger partial charge in [0, 0.05) is 42.1 Å². The third-order valence-corrected chi connectivity index (χ3v) is 13.0. The van der Waals surface area contributed by atoms with Crippen molar-refractivity contribution in [1.29, 1.82) is 0 Å². The van der Waals surface area contributed by atoms with Crippen LogP contribution in [0.25, 0.3) is 11.3 Å². The Morgan fingerprint density at radius 2 is 1.95 bits per heavy atom. The van der Waals surface area contributed by atoms with E-state index in [9.17, 15) is 9.90 Å². The smallest absolute Gasteiger partial charge is 0.252 e. The molecule has 7 nitrogen and oxygen atoms in total. The predicted octanol–water partition coefficient (Wildman–Crippen LogP) is 6.62. The molecule has 204 valence electrons. The first kappa shape index (κ1) is 28.8. The summed E-state index contributed by atoms with van der Waals surface area (Å²) in [4.78, 5) is 25.4. The zero-order valence-electron chi connectivity index (χ0n) is 22.5. The second-order valence-electron chi connectivity index (χ2n) is 11.5. The van der Waals surface area contributed by atoms with Gasteiger partial charge in [-0.1, -0.05) is 50.0 Å². The van der Waals surface area contributed by atoms with Gasteiger partial charge in [0.15, 0.2) is 8.32 Å². The van der Waals surface area contributed by atoms with Crippen LogP contribution in [-0.4, -0.2) is 47.1 Å². The van der Waals surface area contributed by atoms with Gasteiger partial charge >= 0.3 is 0 Å². The molecule has 0 spiro atoms. The second-order valence-corrected chi connectivity index (χ2v) is 17.1. The van der Waals surface area contributed by atoms with E-state index >= 15 is 0 Å². The Hall–Kier alpha value is -2.23. The van der Waals surface area contributed by atoms with E-state index in [2.05, 4.69) is 49.1 Å². The Labute approximate surface area is 235 Å². The number of nitrogens with one attached hydrogen (secondary N) is 2. The van der Waals surface area contributed by atoms with Crippen LogP contribution in [0.4, 0.5) is 5.95 Å². The van der Waals surface area contributed by atoms with Crippen LogP contribution in [0, 0.1) is 0 Å². The predicted molar refractivity (Wildman–Crippen MR) is 157 cm³/mol. The van der Waals surface area contributed by atoms with Crippen molar-refractivity contribution in [3.8, 4) is 11.3 Å². The molecule has 2 heterocycles. The third kappa shape index (κ3) is 6.49. The largest absolute Gasteiger partial charge is 0.416 e. The summed E-state index contributed by atoms with van der Waals surface area (Å²) in [7, 11) is -2.13. The molecule has 3 atom stereocenters. The summed E-state index contributed by atoms with van der Waals surface area (Å²) in [6, 6.07) is 9.21. The molecular formula is C28H36Cl2N4O3Si. The number of benzene rings is 1. The van der Waals surface area contributed by atoms with Crippen LogP contribution in [0.3, 0.4) is 0 Å². The van der Waals surface area contributed by atoms with Crippen molar-refractivity contribution < 1.29 is 9.53 Å². The number of aromatic nitrogens is 3. The number of rotatable bonds is 8. The molecule has 1 fully saturated rings. The average Bonchev–Trinajstić information content (AvgIpc) is 3.25. The lowest BCUT2D eigenvalue weighted by atomic mass is 9.88. The van der Waals surface area contributed by atoms with Crippen molar-refractivity contribution in [2.24, 2.45) is 0 Å². The van der Waals surface area contributed by atoms with Gasteiger partial charge in [-0.25, -0.2) is 9.97 Å². The molecule has 38 heavy (non-hydrogen) atoms. The quantitative estimate of drug-likeness (QED) is 0.261. The fourth-order valence-electron chi connectivity index (χ4n) is 4.49. The molecule has 1 aliphatic carbocycles. The second kappa shape index (κ2) is 11.5. The Balaban J connectivity index is 1.77. The fraction of sp³-hybridized carbons (Fsp3) is 0.464. The summed E-state index contributed by atoms with van der Waals surface area (Å²) in [5, 5.41) is 14.1. The first-order valence-corrected chi connectivity index (χ1v) is 16.6. The number of hydrogen-bond donors (Lipinski definition) is 3. The van der Waals surface area contributed by atoms with Crippen LogP contribution < -0.4 is 10.9 Å². The van der Waals surface area contributed by atoms with Gasteiger partial charge in [0.1, 0.15) is 0 Å². The summed E-state index contributed by atoms with van der Waals surface area (Å²) in [6.45, 7) is 11.3. The molecule has 10 heteroatoms. The molecule has 2 aromatic heterocycles. The normalized spacial score (nSPS) is 18.9. The number of anilines is 1. The maximum absolute atomic E-state index is 13.5. The minimum absolute atomic E-state index is 0.00215. The molecule has 1 aliphatic rings. The molecule has 3 N–H and O–H groups in total. The van der Waals surface area contributed by atoms with Crippen LogP contribution in [0.1, 0.15) is 57.1 Å². The lowest BCUT2D eigenvalue weighted by Crippen LogP contribution is -2.42. The minimum atomic E-state index is -2.13. The maximum atomic E-state index is 13.5. The Morgan fingerprint density at radius 3 is 2.61 bits per heavy atom. The number of nitrogens with zero attached hydrogens (tertiary/aromatic N) is 2. The first-order valence-electron chi connectivity index (χ1n) is 12.9. The zero-order valence-corrected chi connectivity index (χ0v) is 25.0. The number of H-pyrrole nitrogens is 1. The lowest BCUT2D eigenvalue weighted by Gasteiger charge is -2.37. The fourth-order valence-corrected chi connectivity index (χ4v) is 5.82. The highest BCUT2D eigenvalue weighted by molar-refractivity contribution is 6.74. The van der Waals surface area contributed by atoms with Gasteiger partial charge in [-0.05, 0) is 67.2 Å². The average molecular weight is 576 g/mol. The number of aliphatic hydroxyl groups excluding tert-OH is 1. The highest BCUT2D eigenvalue weighted by Crippen LogP contribution is 2.39. The summed E-state index contributed by atoms with van der Waals surface area (Å²) >= 11 is 12.7. The molecule has 1 saturated carbocycles. The van der Waals surface area contributed by atoms with Gasteiger partial charge in [-0.2, -0.15) is 0 Å². The van der Waals surface area contributed by atoms with E-state index in [-0.39, 0.29) is 22.7 Å². The van der Waals surface area contributed by atoms with E-state index in [0.717, 1.165) is 18.4 Å². The minimum Gasteiger partial charge on any atom is -0.416 e. The van der Waals surface area contributed by atoms with Crippen LogP contribution in [-0.2, 0) is 4.43 Å². The topological polar surface area (TPSA) is 100 Å². The third-order valence-electron chi connectivity index (χ3n) is 7.78. The van der Waals surface area contributed by atoms with E-state index < -0.39 is 14.2 Å². The van der Waals surface area contributed by atoms with E-state index in [1.165, 1.54) is 0 Å². The highest BCUT2D eigenvalue weighted by Gasteiger charge is 2.38. The molecule has 0 unspecified atom stereocenters. The SMILES string of the molecule is CC(C)(C)[Si](C)(C)OC[C@@H](c1ccc(Cl)c(Cl)c1)c1c(-c2ccnc(N[C@H]3CC[C@H](O)C3)n2)cc[nH]c1=O. The number of halogens is 2. The standard InChI is InChI=1S/C28H36Cl2N4O3Si/c1-28(2,3)38(4,5)37-16-21(17-6-9-22(29)23(30)14-17)25-20(10-12-31-26(25)36)24-11-13-32-27(34-24)33-18-7-8-19(35)15-18/h6,9-14,18-19,21,35H,7-8,15-16H2,1-5H3,(H,31,36)(H,32,33,34)/t18-,19-,21-/m0/s1. The molecule has 1 aromatic carbocycles. The maximum Gasteiger partial charge on any atom is 0.252 e. The first-order chi connectivity index (χ1) is 17.9. The summed E-state index contributed by atoms with van der Waals surface area (Å²) < 4.78 is 6.64. The molecule has 0 radical (unpaired) electrons. The van der Waals surface area contributed by atoms with Crippen molar-refractivity contribution in [2.45, 2.75) is 76.2 Å². The Morgan fingerprint density at radius 1 is 1.18 bits per heavy atom. The number of aliphatic hydroxyl groups is 1. The van der Waals surface area contributed by atoms with Gasteiger partial charge in [-0.3, -0.25) is 4.79 Å². The number of hydrogen-bond acceptors (Lipinski definition) is 6. The Kier molecular flexibility index (Phi) is 8.69. The van der Waals surface area contributed by atoms with Crippen LogP contribution in [0.15, 0.2) is 47.5 Å². The van der Waals surface area contributed by atoms with Gasteiger partial charge in [0.2, 0.25) is 5.95 Å².